The van der Waals surface area contributed by atoms with Gasteiger partial charge < -0.3 is 15.8 Å². The standard InChI is InChI=1S/C21H30BrN3O4S/c1-4-9-21(2,3)29-20(28)25-13-6-5-12(10-13)17(25)19(27)24-15(18(23)26)11-14-7-8-16(22)30-14/h7-8,12-13,15,17H,4-6,9-11H2,1-3H3,(H2,23,26)(H,24,27)/t12-,13+,15-,17-/m0/s1. The van der Waals surface area contributed by atoms with Gasteiger partial charge in [0.25, 0.3) is 0 Å². The van der Waals surface area contributed by atoms with Crippen LogP contribution in [-0.2, 0) is 20.7 Å². The third kappa shape index (κ3) is 5.17. The Morgan fingerprint density at radius 2 is 2.10 bits per heavy atom. The fraction of sp³-hybridized carbons (Fsp3) is 0.667. The third-order valence-corrected chi connectivity index (χ3v) is 7.62. The van der Waals surface area contributed by atoms with E-state index in [1.54, 1.807) is 4.90 Å². The lowest BCUT2D eigenvalue weighted by Gasteiger charge is -2.36. The minimum Gasteiger partial charge on any atom is -0.443 e. The van der Waals surface area contributed by atoms with E-state index < -0.39 is 29.7 Å². The first-order valence-electron chi connectivity index (χ1n) is 10.5. The second kappa shape index (κ2) is 9.26. The van der Waals surface area contributed by atoms with Crippen molar-refractivity contribution in [2.45, 2.75) is 83.0 Å². The molecule has 0 unspecified atom stereocenters. The van der Waals surface area contributed by atoms with Crippen LogP contribution in [0.5, 0.6) is 0 Å². The van der Waals surface area contributed by atoms with Crippen LogP contribution in [0.3, 0.4) is 0 Å². The van der Waals surface area contributed by atoms with Crippen LogP contribution in [0.4, 0.5) is 4.79 Å². The summed E-state index contributed by atoms with van der Waals surface area (Å²) >= 11 is 4.90. The average molecular weight is 500 g/mol. The SMILES string of the molecule is CCCC(C)(C)OC(=O)N1[C@@H]2CC[C@@H](C2)[C@H]1C(=O)N[C@@H](Cc1ccc(Br)s1)C(N)=O. The number of carbonyl (C=O) groups is 3. The van der Waals surface area contributed by atoms with Crippen LogP contribution >= 0.6 is 27.3 Å². The van der Waals surface area contributed by atoms with Crippen molar-refractivity contribution >= 4 is 45.2 Å². The number of amides is 3. The predicted molar refractivity (Wildman–Crippen MR) is 119 cm³/mol. The fourth-order valence-corrected chi connectivity index (χ4v) is 6.20. The minimum absolute atomic E-state index is 0.0101. The molecule has 1 aromatic rings. The summed E-state index contributed by atoms with van der Waals surface area (Å²) in [5.41, 5.74) is 4.97. The average Bonchev–Trinajstić information content (AvgIpc) is 3.36. The van der Waals surface area contributed by atoms with Gasteiger partial charge in [-0.15, -0.1) is 11.3 Å². The normalized spacial score (nSPS) is 24.0. The van der Waals surface area contributed by atoms with E-state index in [0.717, 1.165) is 40.8 Å². The van der Waals surface area contributed by atoms with Crippen LogP contribution in [0.25, 0.3) is 0 Å². The van der Waals surface area contributed by atoms with Crippen LogP contribution in [-0.4, -0.2) is 46.5 Å². The van der Waals surface area contributed by atoms with Gasteiger partial charge in [-0.3, -0.25) is 14.5 Å². The first-order chi connectivity index (χ1) is 14.1. The molecule has 4 atom stereocenters. The van der Waals surface area contributed by atoms with Gasteiger partial charge in [-0.1, -0.05) is 13.3 Å². The number of likely N-dealkylation sites (tertiary alicyclic amines) is 1. The number of carbonyl (C=O) groups excluding carboxylic acids is 3. The van der Waals surface area contributed by atoms with Gasteiger partial charge in [-0.25, -0.2) is 4.79 Å². The molecule has 30 heavy (non-hydrogen) atoms. The number of halogens is 1. The summed E-state index contributed by atoms with van der Waals surface area (Å²) in [6.45, 7) is 5.82. The lowest BCUT2D eigenvalue weighted by molar-refractivity contribution is -0.132. The van der Waals surface area contributed by atoms with Crippen molar-refractivity contribution in [3.8, 4) is 0 Å². The topological polar surface area (TPSA) is 102 Å². The van der Waals surface area contributed by atoms with Crippen molar-refractivity contribution < 1.29 is 19.1 Å². The zero-order valence-electron chi connectivity index (χ0n) is 17.7. The monoisotopic (exact) mass is 499 g/mol. The Morgan fingerprint density at radius 3 is 2.70 bits per heavy atom. The van der Waals surface area contributed by atoms with Gasteiger partial charge in [-0.2, -0.15) is 0 Å². The van der Waals surface area contributed by atoms with Crippen LogP contribution in [0, 0.1) is 5.92 Å². The zero-order valence-corrected chi connectivity index (χ0v) is 20.1. The Hall–Kier alpha value is -1.61. The quantitative estimate of drug-likeness (QED) is 0.570. The van der Waals surface area contributed by atoms with E-state index in [1.165, 1.54) is 11.3 Å². The Balaban J connectivity index is 1.72. The molecule has 3 amide bonds. The number of fused-ring (bicyclic) bond motifs is 2. The van der Waals surface area contributed by atoms with Gasteiger partial charge in [0.15, 0.2) is 0 Å². The molecule has 2 heterocycles. The number of primary amides is 1. The zero-order chi connectivity index (χ0) is 22.1. The molecular weight excluding hydrogens is 470 g/mol. The van der Waals surface area contributed by atoms with E-state index in [2.05, 4.69) is 21.2 Å². The smallest absolute Gasteiger partial charge is 0.411 e. The molecule has 2 fully saturated rings. The number of ether oxygens (including phenoxy) is 1. The van der Waals surface area contributed by atoms with Gasteiger partial charge in [0.1, 0.15) is 17.7 Å². The Labute approximate surface area is 189 Å². The van der Waals surface area contributed by atoms with E-state index in [4.69, 9.17) is 10.5 Å². The highest BCUT2D eigenvalue weighted by atomic mass is 79.9. The Morgan fingerprint density at radius 1 is 1.37 bits per heavy atom. The molecule has 166 valence electrons. The molecule has 1 aliphatic heterocycles. The maximum atomic E-state index is 13.2. The number of hydrogen-bond acceptors (Lipinski definition) is 5. The van der Waals surface area contributed by atoms with Crippen molar-refractivity contribution in [1.82, 2.24) is 10.2 Å². The molecule has 0 spiro atoms. The number of thiophene rings is 1. The minimum atomic E-state index is -0.823. The molecular formula is C21H30BrN3O4S. The van der Waals surface area contributed by atoms with Gasteiger partial charge in [-0.05, 0) is 73.5 Å². The Bertz CT molecular complexity index is 812. The number of nitrogens with one attached hydrogen (secondary N) is 1. The summed E-state index contributed by atoms with van der Waals surface area (Å²) < 4.78 is 6.71. The molecule has 3 rings (SSSR count). The Kier molecular flexibility index (Phi) is 7.12. The number of hydrogen-bond donors (Lipinski definition) is 2. The number of nitrogens with two attached hydrogens (primary N) is 1. The van der Waals surface area contributed by atoms with Crippen molar-refractivity contribution in [3.63, 3.8) is 0 Å². The number of rotatable bonds is 8. The largest absolute Gasteiger partial charge is 0.443 e. The molecule has 7 nitrogen and oxygen atoms in total. The lowest BCUT2D eigenvalue weighted by Crippen LogP contribution is -2.57. The third-order valence-electron chi connectivity index (χ3n) is 5.97. The van der Waals surface area contributed by atoms with Crippen molar-refractivity contribution in [1.29, 1.82) is 0 Å². The summed E-state index contributed by atoms with van der Waals surface area (Å²) in [7, 11) is 0. The van der Waals surface area contributed by atoms with Gasteiger partial charge in [0, 0.05) is 17.3 Å². The molecule has 1 saturated carbocycles. The summed E-state index contributed by atoms with van der Waals surface area (Å²) in [6, 6.07) is 2.36. The summed E-state index contributed by atoms with van der Waals surface area (Å²) in [5, 5.41) is 2.80. The van der Waals surface area contributed by atoms with Crippen LogP contribution in [0.2, 0.25) is 0 Å². The van der Waals surface area contributed by atoms with E-state index in [-0.39, 0.29) is 17.9 Å². The van der Waals surface area contributed by atoms with Crippen LogP contribution in [0.15, 0.2) is 15.9 Å². The summed E-state index contributed by atoms with van der Waals surface area (Å²) in [4.78, 5) is 40.7. The molecule has 0 radical (unpaired) electrons. The van der Waals surface area contributed by atoms with E-state index >= 15 is 0 Å². The summed E-state index contributed by atoms with van der Waals surface area (Å²) in [6.07, 6.45) is 4.09. The first-order valence-corrected chi connectivity index (χ1v) is 12.1. The van der Waals surface area contributed by atoms with Crippen LogP contribution < -0.4 is 11.1 Å². The van der Waals surface area contributed by atoms with Gasteiger partial charge in [0.05, 0.1) is 3.79 Å². The molecule has 9 heteroatoms. The highest BCUT2D eigenvalue weighted by Crippen LogP contribution is 2.43. The van der Waals surface area contributed by atoms with Crippen molar-refractivity contribution in [2.24, 2.45) is 11.7 Å². The fourth-order valence-electron chi connectivity index (χ4n) is 4.67. The number of piperidine rings is 1. The first kappa shape index (κ1) is 23.1. The van der Waals surface area contributed by atoms with E-state index in [0.29, 0.717) is 6.42 Å². The van der Waals surface area contributed by atoms with E-state index in [9.17, 15) is 14.4 Å². The van der Waals surface area contributed by atoms with Crippen molar-refractivity contribution in [3.05, 3.63) is 20.8 Å². The van der Waals surface area contributed by atoms with Crippen molar-refractivity contribution in [2.75, 3.05) is 0 Å². The van der Waals surface area contributed by atoms with Gasteiger partial charge >= 0.3 is 6.09 Å². The lowest BCUT2D eigenvalue weighted by atomic mass is 9.97. The molecule has 2 aliphatic rings. The second-order valence-electron chi connectivity index (χ2n) is 8.83. The second-order valence-corrected chi connectivity index (χ2v) is 11.4. The molecule has 3 N–H and O–H groups in total. The van der Waals surface area contributed by atoms with Crippen LogP contribution in [0.1, 0.15) is 57.8 Å². The molecule has 0 aromatic carbocycles. The maximum Gasteiger partial charge on any atom is 0.411 e. The molecule has 1 aromatic heterocycles. The highest BCUT2D eigenvalue weighted by molar-refractivity contribution is 9.11. The summed E-state index contributed by atoms with van der Waals surface area (Å²) in [5.74, 6) is -0.831. The molecule has 2 bridgehead atoms. The highest BCUT2D eigenvalue weighted by Gasteiger charge is 2.53. The molecule has 1 saturated heterocycles. The number of nitrogens with zero attached hydrogens (tertiary/aromatic N) is 1. The van der Waals surface area contributed by atoms with E-state index in [1.807, 2.05) is 32.9 Å². The molecule has 1 aliphatic carbocycles. The maximum absolute atomic E-state index is 13.2. The predicted octanol–water partition coefficient (Wildman–Crippen LogP) is 3.59. The van der Waals surface area contributed by atoms with Gasteiger partial charge in [0.2, 0.25) is 11.8 Å².